The Hall–Kier alpha value is -1.73. The van der Waals surface area contributed by atoms with Gasteiger partial charge >= 0.3 is 5.97 Å². The average molecular weight is 410 g/mol. The highest BCUT2D eigenvalue weighted by Crippen LogP contribution is 2.25. The number of quaternary nitrogens is 1. The first kappa shape index (κ1) is 18.1. The van der Waals surface area contributed by atoms with Crippen LogP contribution < -0.4 is 9.80 Å². The Morgan fingerprint density at radius 2 is 2.04 bits per heavy atom. The lowest BCUT2D eigenvalue weighted by molar-refractivity contribution is -0.920. The zero-order valence-corrected chi connectivity index (χ0v) is 15.8. The first-order valence-electron chi connectivity index (χ1n) is 8.64. The first-order valence-corrected chi connectivity index (χ1v) is 9.44. The number of esters is 1. The number of nitrogens with zero attached hydrogens (tertiary/aromatic N) is 1. The predicted molar refractivity (Wildman–Crippen MR) is 95.1 cm³/mol. The van der Waals surface area contributed by atoms with Gasteiger partial charge in [-0.2, -0.15) is 0 Å². The van der Waals surface area contributed by atoms with Crippen LogP contribution in [0.1, 0.15) is 26.2 Å². The highest BCUT2D eigenvalue weighted by atomic mass is 79.9. The molecule has 2 saturated heterocycles. The van der Waals surface area contributed by atoms with Crippen LogP contribution in [-0.4, -0.2) is 43.5 Å². The number of ether oxygens (including phenoxy) is 1. The number of anilines is 1. The Morgan fingerprint density at radius 1 is 1.32 bits per heavy atom. The third kappa shape index (κ3) is 3.77. The summed E-state index contributed by atoms with van der Waals surface area (Å²) in [6.45, 7) is 3.61. The maximum atomic E-state index is 12.8. The van der Waals surface area contributed by atoms with Crippen LogP contribution in [0, 0.1) is 5.92 Å². The molecule has 1 aromatic carbocycles. The van der Waals surface area contributed by atoms with Crippen LogP contribution in [0.4, 0.5) is 5.69 Å². The summed E-state index contributed by atoms with van der Waals surface area (Å²) in [6, 6.07) is 6.86. The van der Waals surface area contributed by atoms with E-state index >= 15 is 0 Å². The van der Waals surface area contributed by atoms with Gasteiger partial charge in [0.15, 0.2) is 6.04 Å². The van der Waals surface area contributed by atoms with Gasteiger partial charge in [-0.15, -0.1) is 0 Å². The molecule has 0 spiro atoms. The van der Waals surface area contributed by atoms with Crippen molar-refractivity contribution in [2.45, 2.75) is 32.2 Å². The zero-order valence-electron chi connectivity index (χ0n) is 14.2. The van der Waals surface area contributed by atoms with Crippen LogP contribution in [0.2, 0.25) is 0 Å². The number of likely N-dealkylation sites (tertiary alicyclic amines) is 1. The van der Waals surface area contributed by atoms with Crippen LogP contribution in [0.25, 0.3) is 0 Å². The summed E-state index contributed by atoms with van der Waals surface area (Å²) < 4.78 is 5.91. The van der Waals surface area contributed by atoms with E-state index in [1.54, 1.807) is 19.1 Å². The third-order valence-electron chi connectivity index (χ3n) is 4.95. The molecule has 2 heterocycles. The van der Waals surface area contributed by atoms with Crippen molar-refractivity contribution < 1.29 is 24.0 Å². The minimum absolute atomic E-state index is 0.0860. The molecule has 0 unspecified atom stereocenters. The van der Waals surface area contributed by atoms with Crippen molar-refractivity contribution in [3.8, 4) is 0 Å². The number of amides is 2. The predicted octanol–water partition coefficient (Wildman–Crippen LogP) is 0.939. The number of hydrogen-bond donors (Lipinski definition) is 1. The lowest BCUT2D eigenvalue weighted by atomic mass is 9.95. The molecule has 2 amide bonds. The van der Waals surface area contributed by atoms with E-state index in [2.05, 4.69) is 15.9 Å². The van der Waals surface area contributed by atoms with Gasteiger partial charge in [0.1, 0.15) is 0 Å². The summed E-state index contributed by atoms with van der Waals surface area (Å²) in [7, 11) is 0. The van der Waals surface area contributed by atoms with Crippen molar-refractivity contribution in [2.24, 2.45) is 5.92 Å². The van der Waals surface area contributed by atoms with Gasteiger partial charge in [-0.05, 0) is 25.1 Å². The first-order chi connectivity index (χ1) is 12.0. The third-order valence-corrected chi connectivity index (χ3v) is 5.45. The minimum Gasteiger partial charge on any atom is -0.466 e. The number of halogens is 1. The molecule has 6 nitrogen and oxygen atoms in total. The summed E-state index contributed by atoms with van der Waals surface area (Å²) >= 11 is 3.38. The minimum atomic E-state index is -0.352. The molecular formula is C18H22BrN2O4+. The second-order valence-corrected chi connectivity index (χ2v) is 7.40. The van der Waals surface area contributed by atoms with Crippen LogP contribution >= 0.6 is 15.9 Å². The van der Waals surface area contributed by atoms with Crippen LogP contribution in [-0.2, 0) is 19.1 Å². The maximum absolute atomic E-state index is 12.8. The van der Waals surface area contributed by atoms with Gasteiger partial charge in [-0.3, -0.25) is 14.4 Å². The van der Waals surface area contributed by atoms with Gasteiger partial charge in [-0.1, -0.05) is 22.0 Å². The zero-order chi connectivity index (χ0) is 18.0. The number of rotatable bonds is 4. The van der Waals surface area contributed by atoms with Crippen LogP contribution in [0.15, 0.2) is 28.7 Å². The lowest BCUT2D eigenvalue weighted by Crippen LogP contribution is -3.17. The van der Waals surface area contributed by atoms with Crippen molar-refractivity contribution in [2.75, 3.05) is 24.6 Å². The summed E-state index contributed by atoms with van der Waals surface area (Å²) in [4.78, 5) is 39.5. The molecule has 2 fully saturated rings. The van der Waals surface area contributed by atoms with Crippen molar-refractivity contribution in [3.63, 3.8) is 0 Å². The van der Waals surface area contributed by atoms with Crippen LogP contribution in [0.5, 0.6) is 0 Å². The highest BCUT2D eigenvalue weighted by molar-refractivity contribution is 9.10. The SMILES string of the molecule is CCOC(=O)C1CC[NH+]([C@H]2CC(=O)N(c3cccc(Br)c3)C2=O)CC1. The largest absolute Gasteiger partial charge is 0.466 e. The summed E-state index contributed by atoms with van der Waals surface area (Å²) in [6.07, 6.45) is 1.62. The van der Waals surface area contributed by atoms with E-state index < -0.39 is 0 Å². The second kappa shape index (κ2) is 7.66. The Balaban J connectivity index is 1.66. The molecule has 0 bridgehead atoms. The van der Waals surface area contributed by atoms with Crippen LogP contribution in [0.3, 0.4) is 0 Å². The maximum Gasteiger partial charge on any atom is 0.309 e. The van der Waals surface area contributed by atoms with E-state index in [-0.39, 0.29) is 36.2 Å². The van der Waals surface area contributed by atoms with E-state index in [9.17, 15) is 14.4 Å². The second-order valence-electron chi connectivity index (χ2n) is 6.49. The number of nitrogens with one attached hydrogen (secondary N) is 1. The van der Waals surface area contributed by atoms with E-state index in [4.69, 9.17) is 4.74 Å². The number of imide groups is 1. The molecule has 1 atom stereocenters. The molecule has 2 aliphatic rings. The molecule has 3 rings (SSSR count). The highest BCUT2D eigenvalue weighted by Gasteiger charge is 2.47. The Morgan fingerprint density at radius 3 is 2.68 bits per heavy atom. The summed E-state index contributed by atoms with van der Waals surface area (Å²) in [5.41, 5.74) is 0.604. The fourth-order valence-corrected chi connectivity index (χ4v) is 4.06. The Kier molecular flexibility index (Phi) is 5.54. The van der Waals surface area contributed by atoms with Crippen molar-refractivity contribution in [1.82, 2.24) is 0 Å². The number of hydrogen-bond acceptors (Lipinski definition) is 4. The molecule has 7 heteroatoms. The summed E-state index contributed by atoms with van der Waals surface area (Å²) in [5.74, 6) is -0.538. The standard InChI is InChI=1S/C18H21BrN2O4/c1-2-25-18(24)12-6-8-20(9-7-12)15-11-16(22)21(17(15)23)14-5-3-4-13(19)10-14/h3-5,10,12,15H,2,6-9,11H2,1H3/p+1/t15-/m0/s1. The van der Waals surface area contributed by atoms with Crippen molar-refractivity contribution in [1.29, 1.82) is 0 Å². The molecule has 0 radical (unpaired) electrons. The summed E-state index contributed by atoms with van der Waals surface area (Å²) in [5, 5.41) is 0. The molecule has 1 aromatic rings. The fraction of sp³-hybridized carbons (Fsp3) is 0.500. The van der Waals surface area contributed by atoms with Gasteiger partial charge in [0.2, 0.25) is 5.91 Å². The van der Waals surface area contributed by atoms with Gasteiger partial charge in [-0.25, -0.2) is 4.90 Å². The quantitative estimate of drug-likeness (QED) is 0.593. The molecule has 1 N–H and O–H groups in total. The number of benzene rings is 1. The Bertz CT molecular complexity index is 685. The lowest BCUT2D eigenvalue weighted by Gasteiger charge is -2.31. The van der Waals surface area contributed by atoms with Gasteiger partial charge < -0.3 is 9.64 Å². The van der Waals surface area contributed by atoms with Crippen molar-refractivity contribution >= 4 is 39.4 Å². The number of piperidine rings is 1. The molecule has 25 heavy (non-hydrogen) atoms. The molecule has 134 valence electrons. The van der Waals surface area contributed by atoms with E-state index in [1.165, 1.54) is 4.90 Å². The molecule has 0 aromatic heterocycles. The fourth-order valence-electron chi connectivity index (χ4n) is 3.67. The molecule has 0 saturated carbocycles. The Labute approximate surface area is 155 Å². The molecular weight excluding hydrogens is 388 g/mol. The number of carbonyl (C=O) groups excluding carboxylic acids is 3. The van der Waals surface area contributed by atoms with Gasteiger partial charge in [0, 0.05) is 17.3 Å². The average Bonchev–Trinajstić information content (AvgIpc) is 2.90. The van der Waals surface area contributed by atoms with Crippen molar-refractivity contribution in [3.05, 3.63) is 28.7 Å². The number of carbonyl (C=O) groups is 3. The topological polar surface area (TPSA) is 68.1 Å². The van der Waals surface area contributed by atoms with E-state index in [0.29, 0.717) is 38.2 Å². The molecule has 2 aliphatic heterocycles. The van der Waals surface area contributed by atoms with E-state index in [1.807, 2.05) is 12.1 Å². The van der Waals surface area contributed by atoms with Gasteiger partial charge in [0.05, 0.1) is 37.7 Å². The molecule has 0 aliphatic carbocycles. The van der Waals surface area contributed by atoms with E-state index in [0.717, 1.165) is 9.37 Å². The smallest absolute Gasteiger partial charge is 0.309 e. The monoisotopic (exact) mass is 409 g/mol. The normalized spacial score (nSPS) is 26.8. The van der Waals surface area contributed by atoms with Gasteiger partial charge in [0.25, 0.3) is 5.91 Å².